The molecule has 0 aliphatic carbocycles. The molecule has 3 N–H and O–H groups in total. The van der Waals surface area contributed by atoms with Crippen molar-refractivity contribution in [2.24, 2.45) is 0 Å². The summed E-state index contributed by atoms with van der Waals surface area (Å²) in [6, 6.07) is 6.94. The van der Waals surface area contributed by atoms with Crippen LogP contribution in [0.3, 0.4) is 0 Å². The molecule has 0 aromatic heterocycles. The van der Waals surface area contributed by atoms with Crippen LogP contribution in [0.4, 0.5) is 5.69 Å². The normalized spacial score (nSPS) is 18.5. The molecule has 6 nitrogen and oxygen atoms in total. The van der Waals surface area contributed by atoms with Gasteiger partial charge >= 0.3 is 5.97 Å². The number of aliphatic carboxylic acids is 1. The lowest BCUT2D eigenvalue weighted by Gasteiger charge is -2.23. The number of hydrogen-bond acceptors (Lipinski definition) is 4. The molecule has 108 valence electrons. The van der Waals surface area contributed by atoms with Crippen LogP contribution in [0.2, 0.25) is 0 Å². The van der Waals surface area contributed by atoms with Gasteiger partial charge in [0.1, 0.15) is 0 Å². The van der Waals surface area contributed by atoms with Gasteiger partial charge in [0.15, 0.2) is 0 Å². The van der Waals surface area contributed by atoms with Crippen molar-refractivity contribution in [1.82, 2.24) is 5.32 Å². The molecule has 1 fully saturated rings. The summed E-state index contributed by atoms with van der Waals surface area (Å²) in [5, 5.41) is 14.8. The van der Waals surface area contributed by atoms with Crippen molar-refractivity contribution < 1.29 is 19.4 Å². The highest BCUT2D eigenvalue weighted by Gasteiger charge is 2.17. The Morgan fingerprint density at radius 2 is 2.20 bits per heavy atom. The van der Waals surface area contributed by atoms with Crippen molar-refractivity contribution in [2.45, 2.75) is 18.9 Å². The van der Waals surface area contributed by atoms with E-state index in [9.17, 15) is 9.59 Å². The Bertz CT molecular complexity index is 484. The monoisotopic (exact) mass is 278 g/mol. The van der Waals surface area contributed by atoms with Gasteiger partial charge in [0, 0.05) is 24.7 Å². The number of ether oxygens (including phenoxy) is 1. The fourth-order valence-electron chi connectivity index (χ4n) is 2.14. The molecule has 1 aromatic rings. The van der Waals surface area contributed by atoms with Crippen LogP contribution in [-0.4, -0.2) is 42.8 Å². The highest BCUT2D eigenvalue weighted by molar-refractivity contribution is 5.92. The third-order valence-electron chi connectivity index (χ3n) is 3.06. The van der Waals surface area contributed by atoms with E-state index in [1.807, 2.05) is 0 Å². The molecular formula is C14H18N2O4. The fourth-order valence-corrected chi connectivity index (χ4v) is 2.14. The average Bonchev–Trinajstić information content (AvgIpc) is 2.41. The number of rotatable bonds is 5. The maximum absolute atomic E-state index is 12.0. The largest absolute Gasteiger partial charge is 0.481 e. The van der Waals surface area contributed by atoms with E-state index in [-0.39, 0.29) is 18.4 Å². The summed E-state index contributed by atoms with van der Waals surface area (Å²) in [6.07, 6.45) is 0.197. The summed E-state index contributed by atoms with van der Waals surface area (Å²) in [6.45, 7) is 1.93. The molecular weight excluding hydrogens is 260 g/mol. The number of nitrogens with one attached hydrogen (secondary N) is 2. The Labute approximate surface area is 117 Å². The summed E-state index contributed by atoms with van der Waals surface area (Å²) < 4.78 is 5.29. The molecule has 0 bridgehead atoms. The lowest BCUT2D eigenvalue weighted by molar-refractivity contribution is -0.136. The second-order valence-electron chi connectivity index (χ2n) is 4.71. The van der Waals surface area contributed by atoms with Gasteiger partial charge in [0.25, 0.3) is 0 Å². The Hall–Kier alpha value is -1.92. The van der Waals surface area contributed by atoms with Gasteiger partial charge in [-0.05, 0) is 11.6 Å². The van der Waals surface area contributed by atoms with Gasteiger partial charge in [0.2, 0.25) is 5.91 Å². The first-order valence-corrected chi connectivity index (χ1v) is 6.56. The number of carboxylic acids is 1. The third kappa shape index (κ3) is 4.32. The molecule has 20 heavy (non-hydrogen) atoms. The predicted molar refractivity (Wildman–Crippen MR) is 73.6 cm³/mol. The predicted octanol–water partition coefficient (Wildman–Crippen LogP) is 0.631. The lowest BCUT2D eigenvalue weighted by atomic mass is 10.1. The van der Waals surface area contributed by atoms with Crippen LogP contribution < -0.4 is 10.6 Å². The smallest absolute Gasteiger partial charge is 0.307 e. The van der Waals surface area contributed by atoms with Gasteiger partial charge in [-0.2, -0.15) is 0 Å². The van der Waals surface area contributed by atoms with Crippen molar-refractivity contribution in [1.29, 1.82) is 0 Å². The van der Waals surface area contributed by atoms with Crippen LogP contribution in [0, 0.1) is 0 Å². The second kappa shape index (κ2) is 7.02. The van der Waals surface area contributed by atoms with Crippen molar-refractivity contribution in [2.75, 3.05) is 25.1 Å². The van der Waals surface area contributed by atoms with E-state index in [0.29, 0.717) is 30.9 Å². The molecule has 1 heterocycles. The molecule has 1 aromatic carbocycles. The molecule has 0 saturated carbocycles. The number of carboxylic acid groups (broad SMARTS) is 1. The number of morpholine rings is 1. The topological polar surface area (TPSA) is 87.7 Å². The molecule has 6 heteroatoms. The molecule has 0 radical (unpaired) electrons. The van der Waals surface area contributed by atoms with Crippen molar-refractivity contribution in [3.05, 3.63) is 29.8 Å². The molecule has 2 rings (SSSR count). The van der Waals surface area contributed by atoms with Crippen LogP contribution in [-0.2, 0) is 20.7 Å². The van der Waals surface area contributed by atoms with Crippen LogP contribution in [0.25, 0.3) is 0 Å². The Balaban J connectivity index is 1.94. The van der Waals surface area contributed by atoms with E-state index >= 15 is 0 Å². The molecule has 1 saturated heterocycles. The summed E-state index contributed by atoms with van der Waals surface area (Å²) in [4.78, 5) is 22.7. The SMILES string of the molecule is O=C(O)Cc1ccccc1NC(=O)CC1COCCN1. The van der Waals surface area contributed by atoms with Gasteiger partial charge in [0.05, 0.1) is 19.6 Å². The van der Waals surface area contributed by atoms with Gasteiger partial charge < -0.3 is 20.5 Å². The van der Waals surface area contributed by atoms with Crippen molar-refractivity contribution in [3.8, 4) is 0 Å². The number of para-hydroxylation sites is 1. The minimum Gasteiger partial charge on any atom is -0.481 e. The Morgan fingerprint density at radius 3 is 2.90 bits per heavy atom. The van der Waals surface area contributed by atoms with Crippen LogP contribution in [0.15, 0.2) is 24.3 Å². The second-order valence-corrected chi connectivity index (χ2v) is 4.71. The van der Waals surface area contributed by atoms with Crippen LogP contribution in [0.1, 0.15) is 12.0 Å². The third-order valence-corrected chi connectivity index (χ3v) is 3.06. The summed E-state index contributed by atoms with van der Waals surface area (Å²) in [7, 11) is 0. The van der Waals surface area contributed by atoms with Gasteiger partial charge in [-0.25, -0.2) is 0 Å². The van der Waals surface area contributed by atoms with Crippen molar-refractivity contribution in [3.63, 3.8) is 0 Å². The van der Waals surface area contributed by atoms with Crippen LogP contribution >= 0.6 is 0 Å². The maximum Gasteiger partial charge on any atom is 0.307 e. The number of hydrogen-bond donors (Lipinski definition) is 3. The first-order valence-electron chi connectivity index (χ1n) is 6.56. The lowest BCUT2D eigenvalue weighted by Crippen LogP contribution is -2.43. The average molecular weight is 278 g/mol. The number of amides is 1. The molecule has 0 spiro atoms. The number of carbonyl (C=O) groups excluding carboxylic acids is 1. The summed E-state index contributed by atoms with van der Waals surface area (Å²) in [5.41, 5.74) is 1.15. The van der Waals surface area contributed by atoms with E-state index in [4.69, 9.17) is 9.84 Å². The minimum absolute atomic E-state index is 0.00962. The van der Waals surface area contributed by atoms with E-state index in [2.05, 4.69) is 10.6 Å². The number of benzene rings is 1. The minimum atomic E-state index is -0.922. The molecule has 1 aliphatic heterocycles. The zero-order valence-electron chi connectivity index (χ0n) is 11.1. The van der Waals surface area contributed by atoms with E-state index in [1.165, 1.54) is 0 Å². The highest BCUT2D eigenvalue weighted by atomic mass is 16.5. The van der Waals surface area contributed by atoms with E-state index in [0.717, 1.165) is 6.54 Å². The standard InChI is InChI=1S/C14H18N2O4/c17-13(8-11-9-20-6-5-15-11)16-12-4-2-1-3-10(12)7-14(18)19/h1-4,11,15H,5-9H2,(H,16,17)(H,18,19). The highest BCUT2D eigenvalue weighted by Crippen LogP contribution is 2.16. The fraction of sp³-hybridized carbons (Fsp3) is 0.429. The number of anilines is 1. The zero-order valence-corrected chi connectivity index (χ0v) is 11.1. The molecule has 1 unspecified atom stereocenters. The number of carbonyl (C=O) groups is 2. The van der Waals surface area contributed by atoms with Crippen molar-refractivity contribution >= 4 is 17.6 Å². The molecule has 1 aliphatic rings. The van der Waals surface area contributed by atoms with Crippen LogP contribution in [0.5, 0.6) is 0 Å². The Morgan fingerprint density at radius 1 is 1.40 bits per heavy atom. The summed E-state index contributed by atoms with van der Waals surface area (Å²) >= 11 is 0. The quantitative estimate of drug-likeness (QED) is 0.735. The summed E-state index contributed by atoms with van der Waals surface area (Å²) in [5.74, 6) is -1.07. The van der Waals surface area contributed by atoms with Gasteiger partial charge in [-0.15, -0.1) is 0 Å². The zero-order chi connectivity index (χ0) is 14.4. The first kappa shape index (κ1) is 14.5. The van der Waals surface area contributed by atoms with Gasteiger partial charge in [-0.3, -0.25) is 9.59 Å². The van der Waals surface area contributed by atoms with E-state index in [1.54, 1.807) is 24.3 Å². The van der Waals surface area contributed by atoms with Gasteiger partial charge in [-0.1, -0.05) is 18.2 Å². The molecule has 1 amide bonds. The molecule has 1 atom stereocenters. The Kier molecular flexibility index (Phi) is 5.09. The maximum atomic E-state index is 12.0. The first-order chi connectivity index (χ1) is 9.65. The van der Waals surface area contributed by atoms with E-state index < -0.39 is 5.97 Å².